The summed E-state index contributed by atoms with van der Waals surface area (Å²) in [6.07, 6.45) is 15.0. The summed E-state index contributed by atoms with van der Waals surface area (Å²) in [4.78, 5) is 59.3. The molecule has 3 N–H and O–H groups in total. The Morgan fingerprint density at radius 2 is 1.62 bits per heavy atom. The van der Waals surface area contributed by atoms with Gasteiger partial charge in [0.25, 0.3) is 11.7 Å². The van der Waals surface area contributed by atoms with Crippen molar-refractivity contribution in [2.24, 2.45) is 41.4 Å². The third kappa shape index (κ3) is 18.8. The molecule has 4 fully saturated rings. The molecule has 1 saturated carbocycles. The number of nitrogens with zero attached hydrogens (tertiary/aromatic N) is 1. The lowest BCUT2D eigenvalue weighted by atomic mass is 9.78. The summed E-state index contributed by atoms with van der Waals surface area (Å²) in [7, 11) is -0.220. The Kier molecular flexibility index (Phi) is 25.4. The molecular weight excluding hydrogens is 1010 g/mol. The van der Waals surface area contributed by atoms with E-state index in [1.54, 1.807) is 34.0 Å². The maximum Gasteiger partial charge on any atom is 0.329 e. The number of cyclic esters (lactones) is 1. The van der Waals surface area contributed by atoms with Crippen molar-refractivity contribution < 1.29 is 71.0 Å². The average Bonchev–Trinajstić information content (AvgIpc) is 3.37. The van der Waals surface area contributed by atoms with E-state index in [4.69, 9.17) is 33.2 Å². The molecule has 5 aliphatic rings. The molecule has 0 radical (unpaired) electrons. The van der Waals surface area contributed by atoms with Gasteiger partial charge in [0.05, 0.1) is 50.5 Å². The number of Topliss-reactive ketones (excluding diaryl/α,β-unsaturated/α-hetero) is 2. The molecule has 5 rings (SSSR count). The van der Waals surface area contributed by atoms with Crippen LogP contribution >= 0.6 is 0 Å². The monoisotopic (exact) mass is 1100 g/mol. The molecule has 4 heterocycles. The van der Waals surface area contributed by atoms with Crippen LogP contribution in [0.4, 0.5) is 0 Å². The topological polar surface area (TPSA) is 223 Å². The highest BCUT2D eigenvalue weighted by Gasteiger charge is 2.53. The van der Waals surface area contributed by atoms with Gasteiger partial charge in [-0.2, -0.15) is 0 Å². The summed E-state index contributed by atoms with van der Waals surface area (Å²) in [6.45, 7) is 19.9. The van der Waals surface area contributed by atoms with Gasteiger partial charge in [-0.15, -0.1) is 0 Å². The lowest BCUT2D eigenvalue weighted by molar-refractivity contribution is -0.266. The second-order valence-corrected chi connectivity index (χ2v) is 24.9. The van der Waals surface area contributed by atoms with E-state index in [0.717, 1.165) is 36.7 Å². The fourth-order valence-corrected chi connectivity index (χ4v) is 12.0. The molecule has 1 amide bonds. The Morgan fingerprint density at radius 3 is 2.30 bits per heavy atom. The predicted octanol–water partition coefficient (Wildman–Crippen LogP) is 7.15. The van der Waals surface area contributed by atoms with E-state index in [2.05, 4.69) is 31.2 Å². The van der Waals surface area contributed by atoms with E-state index in [1.807, 2.05) is 38.2 Å². The summed E-state index contributed by atoms with van der Waals surface area (Å²) in [5.74, 6) is -6.72. The number of amides is 1. The molecule has 3 saturated heterocycles. The number of sulfonamides is 1. The standard InChI is InChI=1S/C59H94N2O15S/c1-37-17-13-12-14-18-38(2)51(73-27-24-46-35-72-36-46)33-47-22-20-43(7)59(67,76-47)56(64)57(65)61-26-16-15-19-48(61)58(66)75-52(34-49(62)40(4)30-42(6)54(63)55(71-10)44(8)39(3)29-37)41(5)31-45-21-23-50(53(32-45)70-9)74-28-25-60-77(11,68)69/h12-14,17-18,30,37,39-41,43,45-48,50-55,60,63,67H,8,15-16,19-29,31-36H2,1-7,9-11H3/b14-12+,17-13+,38-18+,42-30+/t37?,39?,40?,41?,43?,45?,47?,48?,50?,51?,52-,53?,54?,55?,59?/m0/s1. The highest BCUT2D eigenvalue weighted by molar-refractivity contribution is 7.88. The van der Waals surface area contributed by atoms with Crippen LogP contribution in [0.3, 0.4) is 0 Å². The minimum Gasteiger partial charge on any atom is -0.460 e. The third-order valence-electron chi connectivity index (χ3n) is 16.8. The number of carbonyl (C=O) groups is 4. The Hall–Kier alpha value is -3.43. The number of aliphatic hydroxyl groups is 2. The van der Waals surface area contributed by atoms with E-state index in [9.17, 15) is 37.8 Å². The van der Waals surface area contributed by atoms with Crippen molar-refractivity contribution in [3.63, 3.8) is 0 Å². The SMILES string of the molecule is C=C1C(C)CC(C)/C=C/C=C/C=C(\C)C(OCCC2COC2)CC2CCC(C)C(O)(O2)C(=O)C(=O)N2CCCCC2C(=O)O[C@H](C(C)CC2CCC(OCCNS(C)(=O)=O)C(OC)C2)CC(=O)C(C)/C=C(\C)C(O)C1OC. The van der Waals surface area contributed by atoms with Gasteiger partial charge in [-0.05, 0) is 125 Å². The zero-order valence-corrected chi connectivity index (χ0v) is 48.6. The molecular formula is C59H94N2O15S. The van der Waals surface area contributed by atoms with Crippen LogP contribution in [-0.2, 0) is 62.4 Å². The van der Waals surface area contributed by atoms with Crippen LogP contribution in [-0.4, -0.2) is 162 Å². The highest BCUT2D eigenvalue weighted by atomic mass is 32.2. The first-order chi connectivity index (χ1) is 36.5. The number of rotatable bonds is 14. The summed E-state index contributed by atoms with van der Waals surface area (Å²) in [5.41, 5.74) is 2.19. The lowest BCUT2D eigenvalue weighted by Crippen LogP contribution is -2.61. The molecule has 4 aliphatic heterocycles. The van der Waals surface area contributed by atoms with Crippen molar-refractivity contribution in [2.75, 3.05) is 60.0 Å². The van der Waals surface area contributed by atoms with Crippen LogP contribution in [0.2, 0.25) is 0 Å². The Labute approximate surface area is 460 Å². The number of piperidine rings is 1. The van der Waals surface area contributed by atoms with Crippen molar-refractivity contribution in [3.8, 4) is 0 Å². The number of hydrogen-bond acceptors (Lipinski definition) is 15. The molecule has 0 aromatic heterocycles. The predicted molar refractivity (Wildman–Crippen MR) is 294 cm³/mol. The number of ketones is 2. The maximum atomic E-state index is 14.7. The van der Waals surface area contributed by atoms with Crippen LogP contribution in [0.1, 0.15) is 132 Å². The van der Waals surface area contributed by atoms with Gasteiger partial charge in [0.1, 0.15) is 30.1 Å². The van der Waals surface area contributed by atoms with E-state index in [0.29, 0.717) is 82.7 Å². The van der Waals surface area contributed by atoms with E-state index in [1.165, 1.54) is 12.0 Å². The van der Waals surface area contributed by atoms with Crippen molar-refractivity contribution in [1.29, 1.82) is 0 Å². The van der Waals surface area contributed by atoms with E-state index in [-0.39, 0.29) is 74.2 Å². The summed E-state index contributed by atoms with van der Waals surface area (Å²) < 4.78 is 68.1. The molecule has 436 valence electrons. The van der Waals surface area contributed by atoms with Gasteiger partial charge in [-0.3, -0.25) is 14.4 Å². The number of aliphatic hydroxyl groups excluding tert-OH is 1. The zero-order valence-electron chi connectivity index (χ0n) is 47.8. The second kappa shape index (κ2) is 30.4. The Morgan fingerprint density at radius 1 is 0.883 bits per heavy atom. The molecule has 0 spiro atoms. The van der Waals surface area contributed by atoms with Gasteiger partial charge in [-0.25, -0.2) is 17.9 Å². The van der Waals surface area contributed by atoms with Gasteiger partial charge in [0.15, 0.2) is 0 Å². The fraction of sp³-hybridized carbons (Fsp3) is 0.763. The number of allylic oxidation sites excluding steroid dienone is 6. The molecule has 15 atom stereocenters. The molecule has 18 heteroatoms. The number of carbonyl (C=O) groups excluding carboxylic acids is 4. The minimum absolute atomic E-state index is 0.0242. The Bertz CT molecular complexity index is 2210. The summed E-state index contributed by atoms with van der Waals surface area (Å²) in [5, 5.41) is 23.9. The number of methoxy groups -OCH3 is 2. The summed E-state index contributed by atoms with van der Waals surface area (Å²) >= 11 is 0. The lowest BCUT2D eigenvalue weighted by Gasteiger charge is -2.43. The second-order valence-electron chi connectivity index (χ2n) is 23.1. The number of nitrogens with one attached hydrogen (secondary N) is 1. The van der Waals surface area contributed by atoms with E-state index < -0.39 is 81.9 Å². The molecule has 14 unspecified atom stereocenters. The third-order valence-corrected chi connectivity index (χ3v) is 17.5. The quantitative estimate of drug-likeness (QED) is 0.0680. The van der Waals surface area contributed by atoms with Gasteiger partial charge in [-0.1, -0.05) is 77.7 Å². The average molecular weight is 1100 g/mol. The number of hydrogen-bond donors (Lipinski definition) is 3. The van der Waals surface area contributed by atoms with Crippen molar-refractivity contribution in [2.45, 2.75) is 186 Å². The minimum atomic E-state index is -3.37. The highest BCUT2D eigenvalue weighted by Crippen LogP contribution is 2.38. The van der Waals surface area contributed by atoms with Crippen LogP contribution in [0.15, 0.2) is 59.8 Å². The fourth-order valence-electron chi connectivity index (χ4n) is 11.6. The molecule has 17 nitrogen and oxygen atoms in total. The molecule has 2 bridgehead atoms. The van der Waals surface area contributed by atoms with E-state index >= 15 is 0 Å². The van der Waals surface area contributed by atoms with Crippen molar-refractivity contribution in [3.05, 3.63) is 59.8 Å². The van der Waals surface area contributed by atoms with Gasteiger partial charge < -0.3 is 48.3 Å². The van der Waals surface area contributed by atoms with Crippen LogP contribution in [0.25, 0.3) is 0 Å². The first-order valence-corrected chi connectivity index (χ1v) is 30.2. The van der Waals surface area contributed by atoms with Gasteiger partial charge in [0, 0.05) is 64.5 Å². The Balaban J connectivity index is 1.44. The summed E-state index contributed by atoms with van der Waals surface area (Å²) in [6, 6.07) is -1.16. The first-order valence-electron chi connectivity index (χ1n) is 28.3. The van der Waals surface area contributed by atoms with Crippen LogP contribution in [0.5, 0.6) is 0 Å². The number of esters is 1. The molecule has 1 aliphatic carbocycles. The molecule has 77 heavy (non-hydrogen) atoms. The smallest absolute Gasteiger partial charge is 0.329 e. The maximum absolute atomic E-state index is 14.7. The van der Waals surface area contributed by atoms with Gasteiger partial charge >= 0.3 is 5.97 Å². The zero-order chi connectivity index (χ0) is 56.6. The molecule has 0 aromatic rings. The van der Waals surface area contributed by atoms with Crippen LogP contribution in [0, 0.1) is 41.4 Å². The normalized spacial score (nSPS) is 37.3. The van der Waals surface area contributed by atoms with Crippen LogP contribution < -0.4 is 4.72 Å². The van der Waals surface area contributed by atoms with Crippen molar-refractivity contribution >= 4 is 33.5 Å². The molecule has 0 aromatic carbocycles. The first kappa shape index (κ1) is 64.4. The largest absolute Gasteiger partial charge is 0.460 e. The van der Waals surface area contributed by atoms with Crippen molar-refractivity contribution in [1.82, 2.24) is 9.62 Å². The van der Waals surface area contributed by atoms with Gasteiger partial charge in [0.2, 0.25) is 15.8 Å². The number of fused-ring (bicyclic) bond motifs is 3. The number of ether oxygens (including phenoxy) is 7.